The van der Waals surface area contributed by atoms with E-state index in [9.17, 15) is 5.11 Å². The molecule has 3 N–H and O–H groups in total. The minimum Gasteiger partial charge on any atom is -0.365 e. The Balaban J connectivity index is 2.54. The number of hydrogen-bond donors (Lipinski definition) is 2. The van der Waals surface area contributed by atoms with Gasteiger partial charge in [-0.15, -0.1) is 0 Å². The summed E-state index contributed by atoms with van der Waals surface area (Å²) >= 11 is 0. The van der Waals surface area contributed by atoms with Crippen molar-refractivity contribution in [2.45, 2.75) is 89.1 Å². The third kappa shape index (κ3) is 5.10. The van der Waals surface area contributed by atoms with E-state index >= 15 is 0 Å². The number of nitrogens with two attached hydrogens (primary N) is 1. The number of nitrogens with zero attached hydrogens (tertiary/aromatic N) is 1. The fraction of sp³-hybridized carbons (Fsp3) is 0.933. The molecule has 1 rings (SSSR count). The van der Waals surface area contributed by atoms with Crippen LogP contribution >= 0.6 is 0 Å². The van der Waals surface area contributed by atoms with E-state index in [0.717, 1.165) is 38.5 Å². The maximum atomic E-state index is 10.6. The Labute approximate surface area is 116 Å². The zero-order chi connectivity index (χ0) is 14.4. The highest BCUT2D eigenvalue weighted by molar-refractivity contribution is 4.90. The van der Waals surface area contributed by atoms with Gasteiger partial charge in [0.2, 0.25) is 0 Å². The van der Waals surface area contributed by atoms with Gasteiger partial charge in [-0.05, 0) is 38.5 Å². The molecule has 0 aromatic rings. The molecule has 1 aliphatic rings. The minimum absolute atomic E-state index is 0.0741. The lowest BCUT2D eigenvalue weighted by atomic mass is 9.83. The van der Waals surface area contributed by atoms with Gasteiger partial charge in [-0.1, -0.05) is 13.8 Å². The Kier molecular flexibility index (Phi) is 6.25. The van der Waals surface area contributed by atoms with Crippen molar-refractivity contribution >= 4 is 0 Å². The van der Waals surface area contributed by atoms with Crippen LogP contribution in [0.25, 0.3) is 0 Å². The molecule has 1 saturated heterocycles. The Morgan fingerprint density at radius 1 is 1.47 bits per heavy atom. The van der Waals surface area contributed by atoms with Crippen molar-refractivity contribution in [3.05, 3.63) is 0 Å². The van der Waals surface area contributed by atoms with Crippen molar-refractivity contribution in [3.63, 3.8) is 0 Å². The fourth-order valence-corrected chi connectivity index (χ4v) is 2.83. The molecule has 110 valence electrons. The van der Waals surface area contributed by atoms with E-state index in [0.29, 0.717) is 19.3 Å². The van der Waals surface area contributed by atoms with Crippen LogP contribution in [0.1, 0.15) is 71.6 Å². The highest BCUT2D eigenvalue weighted by Gasteiger charge is 2.40. The molecule has 0 amide bonds. The Bertz CT molecular complexity index is 310. The molecule has 0 radical (unpaired) electrons. The number of unbranched alkanes of at least 4 members (excludes halogenated alkanes) is 1. The van der Waals surface area contributed by atoms with Gasteiger partial charge in [0.05, 0.1) is 12.2 Å². The van der Waals surface area contributed by atoms with Crippen molar-refractivity contribution in [3.8, 4) is 6.07 Å². The average Bonchev–Trinajstić information content (AvgIpc) is 2.38. The van der Waals surface area contributed by atoms with Crippen LogP contribution in [-0.2, 0) is 4.74 Å². The average molecular weight is 268 g/mol. The molecule has 0 spiro atoms. The van der Waals surface area contributed by atoms with Gasteiger partial charge in [0, 0.05) is 24.8 Å². The predicted octanol–water partition coefficient (Wildman–Crippen LogP) is 2.85. The number of nitriles is 1. The summed E-state index contributed by atoms with van der Waals surface area (Å²) in [5.74, 6) is -1.07. The van der Waals surface area contributed by atoms with E-state index in [1.54, 1.807) is 0 Å². The molecule has 2 unspecified atom stereocenters. The summed E-state index contributed by atoms with van der Waals surface area (Å²) in [4.78, 5) is 0. The summed E-state index contributed by atoms with van der Waals surface area (Å²) in [7, 11) is 0. The van der Waals surface area contributed by atoms with Crippen LogP contribution in [0.4, 0.5) is 0 Å². The van der Waals surface area contributed by atoms with Gasteiger partial charge >= 0.3 is 0 Å². The summed E-state index contributed by atoms with van der Waals surface area (Å²) in [6.07, 6.45) is 7.12. The highest BCUT2D eigenvalue weighted by Crippen LogP contribution is 2.36. The summed E-state index contributed by atoms with van der Waals surface area (Å²) in [6, 6.07) is 2.15. The molecule has 0 aromatic carbocycles. The van der Waals surface area contributed by atoms with Gasteiger partial charge in [0.25, 0.3) is 0 Å². The van der Waals surface area contributed by atoms with Gasteiger partial charge in [0.1, 0.15) is 0 Å². The normalized spacial score (nSPS) is 28.1. The van der Waals surface area contributed by atoms with Gasteiger partial charge in [0.15, 0.2) is 5.79 Å². The maximum absolute atomic E-state index is 10.6. The molecule has 0 saturated carbocycles. The van der Waals surface area contributed by atoms with E-state index in [1.165, 1.54) is 0 Å². The highest BCUT2D eigenvalue weighted by atomic mass is 16.6. The van der Waals surface area contributed by atoms with Crippen LogP contribution in [-0.4, -0.2) is 22.5 Å². The number of aliphatic hydroxyl groups is 1. The van der Waals surface area contributed by atoms with Gasteiger partial charge in [-0.3, -0.25) is 0 Å². The zero-order valence-corrected chi connectivity index (χ0v) is 12.3. The lowest BCUT2D eigenvalue weighted by molar-refractivity contribution is -0.264. The molecular formula is C15H28N2O2. The predicted molar refractivity (Wildman–Crippen MR) is 75.3 cm³/mol. The summed E-state index contributed by atoms with van der Waals surface area (Å²) < 4.78 is 5.89. The first-order chi connectivity index (χ1) is 8.97. The molecule has 4 nitrogen and oxygen atoms in total. The van der Waals surface area contributed by atoms with Gasteiger partial charge < -0.3 is 15.6 Å². The Hall–Kier alpha value is -0.630. The minimum atomic E-state index is -1.07. The lowest BCUT2D eigenvalue weighted by Gasteiger charge is -2.42. The first-order valence-electron chi connectivity index (χ1n) is 7.53. The van der Waals surface area contributed by atoms with E-state index in [1.807, 2.05) is 0 Å². The van der Waals surface area contributed by atoms with E-state index in [2.05, 4.69) is 19.9 Å². The number of ether oxygens (including phenoxy) is 1. The first kappa shape index (κ1) is 16.4. The van der Waals surface area contributed by atoms with Crippen molar-refractivity contribution in [2.24, 2.45) is 5.73 Å². The summed E-state index contributed by atoms with van der Waals surface area (Å²) in [5.41, 5.74) is 5.95. The third-order valence-corrected chi connectivity index (χ3v) is 4.33. The maximum Gasteiger partial charge on any atom is 0.167 e. The molecule has 1 fully saturated rings. The SMILES string of the molecule is CCC(N)(CC)CC1(O)CCCC(CCCC#N)O1. The third-order valence-electron chi connectivity index (χ3n) is 4.33. The largest absolute Gasteiger partial charge is 0.365 e. The van der Waals surface area contributed by atoms with Crippen LogP contribution < -0.4 is 5.73 Å². The zero-order valence-electron chi connectivity index (χ0n) is 12.3. The van der Waals surface area contributed by atoms with Crippen LogP contribution in [0.5, 0.6) is 0 Å². The number of hydrogen-bond acceptors (Lipinski definition) is 4. The van der Waals surface area contributed by atoms with Crippen molar-refractivity contribution in [1.82, 2.24) is 0 Å². The summed E-state index contributed by atoms with van der Waals surface area (Å²) in [5, 5.41) is 19.2. The summed E-state index contributed by atoms with van der Waals surface area (Å²) in [6.45, 7) is 4.11. The topological polar surface area (TPSA) is 79.3 Å². The standard InChI is InChI=1S/C15H28N2O2/c1-3-14(17,4-2)12-15(18)10-7-9-13(19-15)8-5-6-11-16/h13,18H,3-10,12,17H2,1-2H3. The smallest absolute Gasteiger partial charge is 0.167 e. The van der Waals surface area contributed by atoms with Crippen LogP contribution in [0.2, 0.25) is 0 Å². The quantitative estimate of drug-likeness (QED) is 0.696. The van der Waals surface area contributed by atoms with E-state index in [4.69, 9.17) is 15.7 Å². The van der Waals surface area contributed by atoms with Crippen molar-refractivity contribution in [1.29, 1.82) is 5.26 Å². The van der Waals surface area contributed by atoms with Gasteiger partial charge in [-0.2, -0.15) is 5.26 Å². The van der Waals surface area contributed by atoms with Crippen LogP contribution in [0, 0.1) is 11.3 Å². The molecule has 0 bridgehead atoms. The molecule has 0 aliphatic carbocycles. The lowest BCUT2D eigenvalue weighted by Crippen LogP contribution is -2.51. The second kappa shape index (κ2) is 7.23. The molecule has 0 aromatic heterocycles. The first-order valence-corrected chi connectivity index (χ1v) is 7.53. The monoisotopic (exact) mass is 268 g/mol. The second-order valence-electron chi connectivity index (χ2n) is 5.87. The molecular weight excluding hydrogens is 240 g/mol. The van der Waals surface area contributed by atoms with E-state index in [-0.39, 0.29) is 11.6 Å². The van der Waals surface area contributed by atoms with Crippen LogP contribution in [0.3, 0.4) is 0 Å². The molecule has 19 heavy (non-hydrogen) atoms. The van der Waals surface area contributed by atoms with Crippen molar-refractivity contribution in [2.75, 3.05) is 0 Å². The second-order valence-corrected chi connectivity index (χ2v) is 5.87. The van der Waals surface area contributed by atoms with Gasteiger partial charge in [-0.25, -0.2) is 0 Å². The fourth-order valence-electron chi connectivity index (χ4n) is 2.83. The molecule has 1 aliphatic heterocycles. The van der Waals surface area contributed by atoms with Crippen molar-refractivity contribution < 1.29 is 9.84 Å². The Morgan fingerprint density at radius 3 is 2.74 bits per heavy atom. The molecule has 4 heteroatoms. The van der Waals surface area contributed by atoms with Crippen LogP contribution in [0.15, 0.2) is 0 Å². The Morgan fingerprint density at radius 2 is 2.16 bits per heavy atom. The van der Waals surface area contributed by atoms with E-state index < -0.39 is 5.79 Å². The molecule has 2 atom stereocenters. The molecule has 1 heterocycles. The number of rotatable bonds is 7.